The third-order valence-corrected chi connectivity index (χ3v) is 6.73. The van der Waals surface area contributed by atoms with E-state index < -0.39 is 47.8 Å². The number of nitrogens with one attached hydrogen (secondary N) is 1. The first-order valence-electron chi connectivity index (χ1n) is 13.0. The summed E-state index contributed by atoms with van der Waals surface area (Å²) in [7, 11) is 2.69. The van der Waals surface area contributed by atoms with Crippen LogP contribution in [0.4, 0.5) is 31.1 Å². The highest BCUT2D eigenvalue weighted by Gasteiger charge is 2.40. The Bertz CT molecular complexity index is 1320. The van der Waals surface area contributed by atoms with Crippen molar-refractivity contribution in [3.63, 3.8) is 0 Å². The molecule has 1 N–H and O–H groups in total. The van der Waals surface area contributed by atoms with Crippen molar-refractivity contribution < 1.29 is 50.1 Å². The Morgan fingerprint density at radius 1 is 0.814 bits per heavy atom. The lowest BCUT2D eigenvalue weighted by molar-refractivity contribution is -0.275. The summed E-state index contributed by atoms with van der Waals surface area (Å²) in [5.74, 6) is -1.68. The van der Waals surface area contributed by atoms with Crippen LogP contribution in [0.15, 0.2) is 78.9 Å². The van der Waals surface area contributed by atoms with Gasteiger partial charge in [0, 0.05) is 25.9 Å². The number of hydrogen-bond acceptors (Lipinski definition) is 5. The topological polar surface area (TPSA) is 77.1 Å². The molecule has 0 spiro atoms. The minimum atomic E-state index is -5.03. The standard InChI is InChI=1S/C30H30F6N2O5/c1-20(15-16-26(39)41-3)38(2)27(40)37-28(19-21-9-5-4-6-10-21,22-11-7-13-24(17-22)42-29(31,32)33)23-12-8-14-25(18-23)43-30(34,35)36/h4-14,17-18,20H,15-16,19H2,1-3H3,(H,37,40)/t20-/m0/s1. The summed E-state index contributed by atoms with van der Waals surface area (Å²) in [6, 6.07) is 17.0. The van der Waals surface area contributed by atoms with Gasteiger partial charge in [0.05, 0.1) is 12.6 Å². The summed E-state index contributed by atoms with van der Waals surface area (Å²) in [6.07, 6.45) is -9.90. The normalized spacial score (nSPS) is 12.7. The van der Waals surface area contributed by atoms with E-state index in [0.29, 0.717) is 5.56 Å². The lowest BCUT2D eigenvalue weighted by atomic mass is 9.77. The summed E-state index contributed by atoms with van der Waals surface area (Å²) < 4.78 is 91.8. The molecule has 0 aliphatic carbocycles. The molecule has 3 rings (SSSR count). The molecule has 43 heavy (non-hydrogen) atoms. The Balaban J connectivity index is 2.20. The van der Waals surface area contributed by atoms with Crippen molar-refractivity contribution in [2.24, 2.45) is 0 Å². The molecule has 1 atom stereocenters. The molecule has 2 amide bonds. The number of nitrogens with zero attached hydrogens (tertiary/aromatic N) is 1. The summed E-state index contributed by atoms with van der Waals surface area (Å²) in [6.45, 7) is 1.68. The minimum Gasteiger partial charge on any atom is -0.469 e. The van der Waals surface area contributed by atoms with Crippen LogP contribution in [0.3, 0.4) is 0 Å². The number of methoxy groups -OCH3 is 1. The van der Waals surface area contributed by atoms with E-state index in [2.05, 4.69) is 19.5 Å². The number of carbonyl (C=O) groups is 2. The van der Waals surface area contributed by atoms with Gasteiger partial charge in [-0.3, -0.25) is 4.79 Å². The molecule has 0 radical (unpaired) electrons. The molecular formula is C30H30F6N2O5. The average Bonchev–Trinajstić information content (AvgIpc) is 2.93. The summed E-state index contributed by atoms with van der Waals surface area (Å²) in [4.78, 5) is 26.7. The van der Waals surface area contributed by atoms with Gasteiger partial charge in [0.2, 0.25) is 0 Å². The highest BCUT2D eigenvalue weighted by atomic mass is 19.4. The van der Waals surface area contributed by atoms with E-state index in [1.54, 1.807) is 37.3 Å². The minimum absolute atomic E-state index is 0.0120. The smallest absolute Gasteiger partial charge is 0.469 e. The first kappa shape index (κ1) is 33.1. The number of esters is 1. The first-order valence-corrected chi connectivity index (χ1v) is 13.0. The van der Waals surface area contributed by atoms with Crippen LogP contribution in [0.2, 0.25) is 0 Å². The molecule has 0 saturated carbocycles. The molecular weight excluding hydrogens is 582 g/mol. The summed E-state index contributed by atoms with van der Waals surface area (Å²) in [5, 5.41) is 2.87. The predicted octanol–water partition coefficient (Wildman–Crippen LogP) is 6.95. The monoisotopic (exact) mass is 612 g/mol. The maximum absolute atomic E-state index is 13.8. The lowest BCUT2D eigenvalue weighted by Gasteiger charge is -2.39. The quantitative estimate of drug-likeness (QED) is 0.187. The SMILES string of the molecule is COC(=O)CC[C@H](C)N(C)C(=O)NC(Cc1ccccc1)(c1cccc(OC(F)(F)F)c1)c1cccc(OC(F)(F)F)c1. The molecule has 0 unspecified atom stereocenters. The van der Waals surface area contributed by atoms with E-state index in [9.17, 15) is 35.9 Å². The van der Waals surface area contributed by atoms with Gasteiger partial charge in [-0.05, 0) is 54.3 Å². The number of amides is 2. The van der Waals surface area contributed by atoms with Crippen molar-refractivity contribution in [1.29, 1.82) is 0 Å². The Kier molecular flexibility index (Phi) is 10.5. The van der Waals surface area contributed by atoms with E-state index in [1.807, 2.05) is 0 Å². The molecule has 3 aromatic carbocycles. The molecule has 0 saturated heterocycles. The number of halogens is 6. The number of rotatable bonds is 11. The van der Waals surface area contributed by atoms with Gasteiger partial charge in [0.15, 0.2) is 0 Å². The van der Waals surface area contributed by atoms with Crippen molar-refractivity contribution in [2.75, 3.05) is 14.2 Å². The highest BCUT2D eigenvalue weighted by molar-refractivity contribution is 5.77. The molecule has 3 aromatic rings. The summed E-state index contributed by atoms with van der Waals surface area (Å²) >= 11 is 0. The van der Waals surface area contributed by atoms with Crippen LogP contribution in [0.25, 0.3) is 0 Å². The third kappa shape index (κ3) is 9.55. The Hall–Kier alpha value is -4.42. The van der Waals surface area contributed by atoms with Crippen LogP contribution in [0.5, 0.6) is 11.5 Å². The van der Waals surface area contributed by atoms with Crippen molar-refractivity contribution in [3.05, 3.63) is 95.6 Å². The zero-order chi connectivity index (χ0) is 31.8. The first-order chi connectivity index (χ1) is 20.1. The average molecular weight is 613 g/mol. The fourth-order valence-electron chi connectivity index (χ4n) is 4.47. The second-order valence-electron chi connectivity index (χ2n) is 9.72. The van der Waals surface area contributed by atoms with E-state index in [-0.39, 0.29) is 30.4 Å². The molecule has 0 fully saturated rings. The third-order valence-electron chi connectivity index (χ3n) is 6.73. The molecule has 13 heteroatoms. The van der Waals surface area contributed by atoms with Crippen molar-refractivity contribution in [1.82, 2.24) is 10.2 Å². The van der Waals surface area contributed by atoms with E-state index in [4.69, 9.17) is 0 Å². The molecule has 0 heterocycles. The fourth-order valence-corrected chi connectivity index (χ4v) is 4.47. The van der Waals surface area contributed by atoms with Gasteiger partial charge in [-0.25, -0.2) is 4.79 Å². The maximum atomic E-state index is 13.8. The van der Waals surface area contributed by atoms with E-state index >= 15 is 0 Å². The van der Waals surface area contributed by atoms with Gasteiger partial charge in [0.1, 0.15) is 11.5 Å². The fraction of sp³-hybridized carbons (Fsp3) is 0.333. The van der Waals surface area contributed by atoms with E-state index in [0.717, 1.165) is 24.3 Å². The highest BCUT2D eigenvalue weighted by Crippen LogP contribution is 2.38. The lowest BCUT2D eigenvalue weighted by Crippen LogP contribution is -2.54. The number of carbonyl (C=O) groups excluding carboxylic acids is 2. The zero-order valence-electron chi connectivity index (χ0n) is 23.5. The Labute approximate surface area is 244 Å². The van der Waals surface area contributed by atoms with Crippen molar-refractivity contribution in [3.8, 4) is 11.5 Å². The zero-order valence-corrected chi connectivity index (χ0v) is 23.5. The van der Waals surface area contributed by atoms with Gasteiger partial charge >= 0.3 is 24.7 Å². The molecule has 232 valence electrons. The number of urea groups is 1. The Morgan fingerprint density at radius 2 is 1.33 bits per heavy atom. The maximum Gasteiger partial charge on any atom is 0.573 e. The van der Waals surface area contributed by atoms with Gasteiger partial charge in [-0.15, -0.1) is 26.3 Å². The van der Waals surface area contributed by atoms with Crippen LogP contribution < -0.4 is 14.8 Å². The number of ether oxygens (including phenoxy) is 3. The molecule has 7 nitrogen and oxygen atoms in total. The van der Waals surface area contributed by atoms with Gasteiger partial charge < -0.3 is 24.4 Å². The summed E-state index contributed by atoms with van der Waals surface area (Å²) in [5.41, 5.74) is -0.948. The van der Waals surface area contributed by atoms with Gasteiger partial charge in [-0.1, -0.05) is 54.6 Å². The number of benzene rings is 3. The Morgan fingerprint density at radius 3 is 1.79 bits per heavy atom. The van der Waals surface area contributed by atoms with Crippen LogP contribution in [0.1, 0.15) is 36.5 Å². The van der Waals surface area contributed by atoms with Gasteiger partial charge in [0.25, 0.3) is 0 Å². The second kappa shape index (κ2) is 13.7. The predicted molar refractivity (Wildman–Crippen MR) is 144 cm³/mol. The van der Waals surface area contributed by atoms with Crippen molar-refractivity contribution in [2.45, 2.75) is 50.5 Å². The van der Waals surface area contributed by atoms with Crippen molar-refractivity contribution >= 4 is 12.0 Å². The molecule has 0 bridgehead atoms. The number of alkyl halides is 6. The van der Waals surface area contributed by atoms with Crippen LogP contribution in [-0.2, 0) is 21.5 Å². The number of hydrogen-bond donors (Lipinski definition) is 1. The van der Waals surface area contributed by atoms with Crippen LogP contribution >= 0.6 is 0 Å². The molecule has 0 aliphatic heterocycles. The molecule has 0 aromatic heterocycles. The van der Waals surface area contributed by atoms with Crippen LogP contribution in [0, 0.1) is 0 Å². The van der Waals surface area contributed by atoms with E-state index in [1.165, 1.54) is 43.3 Å². The van der Waals surface area contributed by atoms with Crippen LogP contribution in [-0.4, -0.2) is 49.8 Å². The van der Waals surface area contributed by atoms with Gasteiger partial charge in [-0.2, -0.15) is 0 Å². The largest absolute Gasteiger partial charge is 0.573 e. The molecule has 0 aliphatic rings. The second-order valence-corrected chi connectivity index (χ2v) is 9.72.